The molecule has 4 fully saturated rings. The van der Waals surface area contributed by atoms with E-state index >= 15 is 0 Å². The zero-order valence-electron chi connectivity index (χ0n) is 10.8. The van der Waals surface area contributed by atoms with E-state index in [9.17, 15) is 14.7 Å². The van der Waals surface area contributed by atoms with Crippen LogP contribution in [0.5, 0.6) is 0 Å². The highest BCUT2D eigenvalue weighted by molar-refractivity contribution is 5.97. The molecule has 3 N–H and O–H groups in total. The second kappa shape index (κ2) is 4.25. The van der Waals surface area contributed by atoms with Crippen LogP contribution < -0.4 is 5.32 Å². The van der Waals surface area contributed by atoms with Crippen LogP contribution >= 0.6 is 0 Å². The first-order chi connectivity index (χ1) is 8.96. The maximum atomic E-state index is 11.9. The van der Waals surface area contributed by atoms with E-state index in [4.69, 9.17) is 5.11 Å². The van der Waals surface area contributed by atoms with Gasteiger partial charge in [0.2, 0.25) is 0 Å². The number of carboxylic acid groups (broad SMARTS) is 1. The summed E-state index contributed by atoms with van der Waals surface area (Å²) in [7, 11) is 0. The summed E-state index contributed by atoms with van der Waals surface area (Å²) in [5.74, 6) is -0.586. The van der Waals surface area contributed by atoms with Crippen molar-refractivity contribution in [3.63, 3.8) is 0 Å². The smallest absolute Gasteiger partial charge is 0.332 e. The Morgan fingerprint density at radius 1 is 1.00 bits per heavy atom. The van der Waals surface area contributed by atoms with Gasteiger partial charge in [0.25, 0.3) is 5.91 Å². The summed E-state index contributed by atoms with van der Waals surface area (Å²) in [6, 6.07) is 0. The van der Waals surface area contributed by atoms with Gasteiger partial charge < -0.3 is 15.5 Å². The lowest BCUT2D eigenvalue weighted by Crippen LogP contribution is -2.60. The number of nitrogens with one attached hydrogen (secondary N) is 1. The Morgan fingerprint density at radius 3 is 1.89 bits per heavy atom. The van der Waals surface area contributed by atoms with E-state index in [0.29, 0.717) is 23.8 Å². The van der Waals surface area contributed by atoms with Gasteiger partial charge in [0.05, 0.1) is 6.08 Å². The Bertz CT molecular complexity index is 419. The van der Waals surface area contributed by atoms with Crippen molar-refractivity contribution < 1.29 is 19.8 Å². The highest BCUT2D eigenvalue weighted by Gasteiger charge is 2.51. The highest BCUT2D eigenvalue weighted by atomic mass is 16.4. The quantitative estimate of drug-likeness (QED) is 0.534. The van der Waals surface area contributed by atoms with Gasteiger partial charge in [0, 0.05) is 5.54 Å². The number of hydrogen-bond donors (Lipinski definition) is 3. The molecular weight excluding hydrogens is 246 g/mol. The molecule has 104 valence electrons. The number of carbonyl (C=O) groups is 2. The second-order valence-corrected chi connectivity index (χ2v) is 6.52. The average Bonchev–Trinajstić information content (AvgIpc) is 2.24. The molecule has 19 heavy (non-hydrogen) atoms. The molecule has 0 spiro atoms. The first-order valence-corrected chi connectivity index (χ1v) is 6.92. The molecule has 0 radical (unpaired) electrons. The molecule has 0 heterocycles. The van der Waals surface area contributed by atoms with Crippen LogP contribution in [0.4, 0.5) is 0 Å². The summed E-state index contributed by atoms with van der Waals surface area (Å²) < 4.78 is 0. The first kappa shape index (κ1) is 12.5. The molecule has 4 saturated carbocycles. The van der Waals surface area contributed by atoms with Crippen molar-refractivity contribution in [2.24, 2.45) is 17.8 Å². The topological polar surface area (TPSA) is 86.6 Å². The minimum absolute atomic E-state index is 0.202. The molecule has 0 aromatic carbocycles. The average molecular weight is 265 g/mol. The van der Waals surface area contributed by atoms with E-state index in [0.717, 1.165) is 19.3 Å². The third kappa shape index (κ3) is 2.33. The Balaban J connectivity index is 1.73. The van der Waals surface area contributed by atoms with Gasteiger partial charge in [-0.15, -0.1) is 0 Å². The molecule has 4 aliphatic carbocycles. The monoisotopic (exact) mass is 265 g/mol. The summed E-state index contributed by atoms with van der Waals surface area (Å²) in [5, 5.41) is 20.9. The molecule has 1 amide bonds. The van der Waals surface area contributed by atoms with Crippen molar-refractivity contribution in [1.29, 1.82) is 0 Å². The number of carbonyl (C=O) groups excluding carboxylic acids is 1. The molecule has 0 aromatic rings. The van der Waals surface area contributed by atoms with Crippen LogP contribution in [0.2, 0.25) is 0 Å². The Morgan fingerprint density at radius 2 is 1.47 bits per heavy atom. The predicted octanol–water partition coefficient (Wildman–Crippen LogP) is 1.60. The maximum absolute atomic E-state index is 11.9. The molecule has 5 heteroatoms. The van der Waals surface area contributed by atoms with Crippen molar-refractivity contribution >= 4 is 11.9 Å². The van der Waals surface area contributed by atoms with Crippen molar-refractivity contribution in [3.05, 3.63) is 11.8 Å². The fraction of sp³-hybridized carbons (Fsp3) is 0.714. The summed E-state index contributed by atoms with van der Waals surface area (Å²) >= 11 is 0. The van der Waals surface area contributed by atoms with E-state index in [1.807, 2.05) is 0 Å². The molecular formula is C14H19NO4. The maximum Gasteiger partial charge on any atom is 0.332 e. The fourth-order valence-corrected chi connectivity index (χ4v) is 4.75. The van der Waals surface area contributed by atoms with Crippen LogP contribution in [-0.2, 0) is 9.59 Å². The molecule has 0 unspecified atom stereocenters. The number of aliphatic hydroxyl groups excluding tert-OH is 1. The van der Waals surface area contributed by atoms with Crippen molar-refractivity contribution in [3.8, 4) is 0 Å². The number of carboxylic acids is 1. The molecule has 0 aromatic heterocycles. The number of rotatable bonds is 3. The zero-order valence-corrected chi connectivity index (χ0v) is 10.8. The van der Waals surface area contributed by atoms with Crippen LogP contribution in [0.3, 0.4) is 0 Å². The number of amides is 1. The van der Waals surface area contributed by atoms with Crippen LogP contribution in [-0.4, -0.2) is 27.6 Å². The highest BCUT2D eigenvalue weighted by Crippen LogP contribution is 2.55. The molecule has 0 saturated heterocycles. The van der Waals surface area contributed by atoms with Crippen LogP contribution in [0.15, 0.2) is 11.8 Å². The van der Waals surface area contributed by atoms with Crippen LogP contribution in [0, 0.1) is 17.8 Å². The van der Waals surface area contributed by atoms with Gasteiger partial charge >= 0.3 is 5.97 Å². The van der Waals surface area contributed by atoms with Gasteiger partial charge in [0.1, 0.15) is 0 Å². The van der Waals surface area contributed by atoms with Gasteiger partial charge in [-0.05, 0) is 56.3 Å². The van der Waals surface area contributed by atoms with Gasteiger partial charge in [-0.2, -0.15) is 0 Å². The number of hydrogen-bond acceptors (Lipinski definition) is 3. The Labute approximate surface area is 111 Å². The van der Waals surface area contributed by atoms with E-state index in [1.54, 1.807) is 0 Å². The van der Waals surface area contributed by atoms with Gasteiger partial charge in [-0.3, -0.25) is 4.79 Å². The molecule has 0 atom stereocenters. The molecule has 4 rings (SSSR count). The molecule has 4 aliphatic rings. The third-order valence-electron chi connectivity index (χ3n) is 4.91. The van der Waals surface area contributed by atoms with E-state index < -0.39 is 17.6 Å². The standard InChI is InChI=1S/C14H19NO4/c16-11(4-12(17)18)13(19)15-14-5-8-1-9(6-14)3-10(2-8)7-14/h4,8-10,16H,1-3,5-7H2,(H,15,19)(H,17,18)/b11-4-. The first-order valence-electron chi connectivity index (χ1n) is 6.92. The minimum Gasteiger partial charge on any atom is -0.503 e. The minimum atomic E-state index is -1.31. The lowest BCUT2D eigenvalue weighted by Gasteiger charge is -2.56. The van der Waals surface area contributed by atoms with Crippen molar-refractivity contribution in [2.75, 3.05) is 0 Å². The summed E-state index contributed by atoms with van der Waals surface area (Å²) in [4.78, 5) is 22.3. The van der Waals surface area contributed by atoms with Crippen LogP contribution in [0.25, 0.3) is 0 Å². The molecule has 4 bridgehead atoms. The van der Waals surface area contributed by atoms with E-state index in [2.05, 4.69) is 5.32 Å². The number of aliphatic hydroxyl groups is 1. The normalized spacial score (nSPS) is 40.2. The third-order valence-corrected chi connectivity index (χ3v) is 4.91. The molecule has 0 aliphatic heterocycles. The lowest BCUT2D eigenvalue weighted by molar-refractivity contribution is -0.133. The van der Waals surface area contributed by atoms with Gasteiger partial charge in [-0.1, -0.05) is 0 Å². The zero-order chi connectivity index (χ0) is 13.6. The largest absolute Gasteiger partial charge is 0.503 e. The Hall–Kier alpha value is -1.52. The number of aliphatic carboxylic acids is 1. The van der Waals surface area contributed by atoms with Crippen molar-refractivity contribution in [2.45, 2.75) is 44.1 Å². The van der Waals surface area contributed by atoms with E-state index in [1.165, 1.54) is 19.3 Å². The predicted molar refractivity (Wildman–Crippen MR) is 67.4 cm³/mol. The van der Waals surface area contributed by atoms with E-state index in [-0.39, 0.29) is 5.54 Å². The van der Waals surface area contributed by atoms with Crippen LogP contribution in [0.1, 0.15) is 38.5 Å². The fourth-order valence-electron chi connectivity index (χ4n) is 4.75. The summed E-state index contributed by atoms with van der Waals surface area (Å²) in [5.41, 5.74) is -0.202. The SMILES string of the molecule is O=C(O)/C=C(\O)C(=O)NC12CC3CC(CC(C3)C1)C2. The lowest BCUT2D eigenvalue weighted by atomic mass is 9.53. The molecule has 5 nitrogen and oxygen atoms in total. The Kier molecular flexibility index (Phi) is 2.80. The van der Waals surface area contributed by atoms with Gasteiger partial charge in [-0.25, -0.2) is 4.79 Å². The summed E-state index contributed by atoms with van der Waals surface area (Å²) in [6.45, 7) is 0. The summed E-state index contributed by atoms with van der Waals surface area (Å²) in [6.07, 6.45) is 7.29. The van der Waals surface area contributed by atoms with Gasteiger partial charge in [0.15, 0.2) is 5.76 Å². The second-order valence-electron chi connectivity index (χ2n) is 6.52. The van der Waals surface area contributed by atoms with Crippen molar-refractivity contribution in [1.82, 2.24) is 5.32 Å².